The molecular weight excluding hydrogens is 164 g/mol. The lowest BCUT2D eigenvalue weighted by Gasteiger charge is -2.11. The molecule has 0 rings (SSSR count). The highest BCUT2D eigenvalue weighted by Crippen LogP contribution is 1.97. The molecule has 0 aliphatic carbocycles. The van der Waals surface area contributed by atoms with Gasteiger partial charge in [-0.3, -0.25) is 0 Å². The predicted octanol–water partition coefficient (Wildman–Crippen LogP) is 0.134. The second kappa shape index (κ2) is 4.48. The third-order valence-electron chi connectivity index (χ3n) is 1.27. The Balaban J connectivity index is 3.98. The first-order valence-corrected chi connectivity index (χ1v) is 4.95. The van der Waals surface area contributed by atoms with Crippen LogP contribution in [-0.4, -0.2) is 14.5 Å². The van der Waals surface area contributed by atoms with Gasteiger partial charge in [0.15, 0.2) is 0 Å². The zero-order valence-electron chi connectivity index (χ0n) is 6.58. The molecule has 0 saturated carbocycles. The molecule has 0 aromatic carbocycles. The molecular formula is C6H14N2O2S. The van der Waals surface area contributed by atoms with Crippen molar-refractivity contribution in [2.75, 3.05) is 0 Å². The van der Waals surface area contributed by atoms with Crippen molar-refractivity contribution in [1.82, 2.24) is 4.72 Å². The normalized spacial score (nSPS) is 14.4. The lowest BCUT2D eigenvalue weighted by atomic mass is 10.2. The third-order valence-corrected chi connectivity index (χ3v) is 1.94. The van der Waals surface area contributed by atoms with Crippen LogP contribution in [0.3, 0.4) is 0 Å². The Hall–Kier alpha value is -0.390. The second-order valence-electron chi connectivity index (χ2n) is 2.29. The largest absolute Gasteiger partial charge is 0.274 e. The van der Waals surface area contributed by atoms with Gasteiger partial charge in [0.2, 0.25) is 0 Å². The summed E-state index contributed by atoms with van der Waals surface area (Å²) in [4.78, 5) is 0. The number of hydrogen-bond donors (Lipinski definition) is 2. The van der Waals surface area contributed by atoms with Crippen molar-refractivity contribution >= 4 is 10.2 Å². The molecule has 11 heavy (non-hydrogen) atoms. The Kier molecular flexibility index (Phi) is 4.32. The highest BCUT2D eigenvalue weighted by Gasteiger charge is 2.09. The van der Waals surface area contributed by atoms with Gasteiger partial charge < -0.3 is 0 Å². The highest BCUT2D eigenvalue weighted by molar-refractivity contribution is 7.87. The fourth-order valence-electron chi connectivity index (χ4n) is 0.732. The summed E-state index contributed by atoms with van der Waals surface area (Å²) in [6.45, 7) is 5.38. The van der Waals surface area contributed by atoms with Gasteiger partial charge in [0.1, 0.15) is 0 Å². The van der Waals surface area contributed by atoms with Gasteiger partial charge in [-0.25, -0.2) is 5.14 Å². The molecule has 0 radical (unpaired) electrons. The van der Waals surface area contributed by atoms with Gasteiger partial charge in [-0.15, -0.1) is 6.58 Å². The van der Waals surface area contributed by atoms with Gasteiger partial charge in [-0.05, 0) is 12.8 Å². The summed E-state index contributed by atoms with van der Waals surface area (Å²) in [5.74, 6) is 0. The molecule has 0 bridgehead atoms. The topological polar surface area (TPSA) is 72.2 Å². The fourth-order valence-corrected chi connectivity index (χ4v) is 1.46. The average Bonchev–Trinajstić information content (AvgIpc) is 1.84. The van der Waals surface area contributed by atoms with Gasteiger partial charge in [-0.2, -0.15) is 13.1 Å². The molecule has 0 aliphatic rings. The van der Waals surface area contributed by atoms with Crippen molar-refractivity contribution in [3.05, 3.63) is 12.7 Å². The van der Waals surface area contributed by atoms with E-state index in [1.807, 2.05) is 6.92 Å². The van der Waals surface area contributed by atoms with Gasteiger partial charge in [-0.1, -0.05) is 13.0 Å². The van der Waals surface area contributed by atoms with E-state index in [9.17, 15) is 8.42 Å². The molecule has 1 atom stereocenters. The lowest BCUT2D eigenvalue weighted by Crippen LogP contribution is -2.38. The number of nitrogens with one attached hydrogen (secondary N) is 1. The zero-order valence-corrected chi connectivity index (χ0v) is 7.39. The van der Waals surface area contributed by atoms with E-state index >= 15 is 0 Å². The summed E-state index contributed by atoms with van der Waals surface area (Å²) in [7, 11) is -3.56. The monoisotopic (exact) mass is 178 g/mol. The summed E-state index contributed by atoms with van der Waals surface area (Å²) >= 11 is 0. The van der Waals surface area contributed by atoms with E-state index in [4.69, 9.17) is 5.14 Å². The van der Waals surface area contributed by atoms with Crippen LogP contribution in [-0.2, 0) is 10.2 Å². The van der Waals surface area contributed by atoms with E-state index in [0.717, 1.165) is 0 Å². The van der Waals surface area contributed by atoms with Gasteiger partial charge in [0.25, 0.3) is 10.2 Å². The molecule has 0 aliphatic heterocycles. The number of hydrogen-bond acceptors (Lipinski definition) is 2. The quantitative estimate of drug-likeness (QED) is 0.587. The van der Waals surface area contributed by atoms with Crippen LogP contribution in [0.2, 0.25) is 0 Å². The first-order valence-electron chi connectivity index (χ1n) is 3.40. The van der Waals surface area contributed by atoms with Crippen molar-refractivity contribution in [3.63, 3.8) is 0 Å². The molecule has 66 valence electrons. The summed E-state index contributed by atoms with van der Waals surface area (Å²) < 4.78 is 23.3. The Bertz CT molecular complexity index is 211. The minimum Gasteiger partial charge on any atom is -0.216 e. The van der Waals surface area contributed by atoms with E-state index in [1.165, 1.54) is 0 Å². The fraction of sp³-hybridized carbons (Fsp3) is 0.667. The van der Waals surface area contributed by atoms with Crippen LogP contribution in [0.25, 0.3) is 0 Å². The molecule has 0 aromatic rings. The zero-order chi connectivity index (χ0) is 8.91. The van der Waals surface area contributed by atoms with E-state index in [0.29, 0.717) is 12.8 Å². The maximum atomic E-state index is 10.5. The van der Waals surface area contributed by atoms with E-state index in [1.54, 1.807) is 6.08 Å². The van der Waals surface area contributed by atoms with Crippen molar-refractivity contribution in [3.8, 4) is 0 Å². The van der Waals surface area contributed by atoms with Crippen LogP contribution in [0.15, 0.2) is 12.7 Å². The minimum absolute atomic E-state index is 0.123. The SMILES string of the molecule is C=CC[C@@H](CC)NS(N)(=O)=O. The Morgan fingerprint density at radius 3 is 2.55 bits per heavy atom. The lowest BCUT2D eigenvalue weighted by molar-refractivity contribution is 0.542. The minimum atomic E-state index is -3.56. The maximum Gasteiger partial charge on any atom is 0.274 e. The molecule has 3 N–H and O–H groups in total. The van der Waals surface area contributed by atoms with E-state index in [-0.39, 0.29) is 6.04 Å². The van der Waals surface area contributed by atoms with Crippen LogP contribution in [0, 0.1) is 0 Å². The molecule has 0 spiro atoms. The molecule has 0 amide bonds. The number of rotatable bonds is 5. The summed E-state index contributed by atoms with van der Waals surface area (Å²) in [6.07, 6.45) is 2.97. The van der Waals surface area contributed by atoms with E-state index in [2.05, 4.69) is 11.3 Å². The summed E-state index contributed by atoms with van der Waals surface area (Å²) in [6, 6.07) is -0.123. The standard InChI is InChI=1S/C6H14N2O2S/c1-3-5-6(4-2)8-11(7,9)10/h3,6,8H,1,4-5H2,2H3,(H2,7,9,10)/t6-/m1/s1. The molecule has 0 aromatic heterocycles. The number of nitrogens with two attached hydrogens (primary N) is 1. The summed E-state index contributed by atoms with van der Waals surface area (Å²) in [5.41, 5.74) is 0. The van der Waals surface area contributed by atoms with Crippen LogP contribution in [0.4, 0.5) is 0 Å². The maximum absolute atomic E-state index is 10.5. The summed E-state index contributed by atoms with van der Waals surface area (Å²) in [5, 5.41) is 4.77. The first kappa shape index (κ1) is 10.6. The van der Waals surface area contributed by atoms with Crippen molar-refractivity contribution < 1.29 is 8.42 Å². The van der Waals surface area contributed by atoms with Crippen LogP contribution in [0.5, 0.6) is 0 Å². The molecule has 0 unspecified atom stereocenters. The molecule has 0 heterocycles. The van der Waals surface area contributed by atoms with Crippen LogP contribution >= 0.6 is 0 Å². The first-order chi connectivity index (χ1) is 4.99. The van der Waals surface area contributed by atoms with Crippen molar-refractivity contribution in [1.29, 1.82) is 0 Å². The molecule has 0 fully saturated rings. The highest BCUT2D eigenvalue weighted by atomic mass is 32.2. The van der Waals surface area contributed by atoms with Gasteiger partial charge >= 0.3 is 0 Å². The van der Waals surface area contributed by atoms with Gasteiger partial charge in [0.05, 0.1) is 0 Å². The second-order valence-corrected chi connectivity index (χ2v) is 3.62. The van der Waals surface area contributed by atoms with Crippen LogP contribution < -0.4 is 9.86 Å². The van der Waals surface area contributed by atoms with Crippen molar-refractivity contribution in [2.24, 2.45) is 5.14 Å². The Morgan fingerprint density at radius 2 is 2.27 bits per heavy atom. The van der Waals surface area contributed by atoms with Gasteiger partial charge in [0, 0.05) is 6.04 Å². The van der Waals surface area contributed by atoms with E-state index < -0.39 is 10.2 Å². The predicted molar refractivity (Wildman–Crippen MR) is 45.1 cm³/mol. The smallest absolute Gasteiger partial charge is 0.216 e. The molecule has 4 nitrogen and oxygen atoms in total. The third kappa shape index (κ3) is 6.03. The molecule has 5 heteroatoms. The Morgan fingerprint density at radius 1 is 1.73 bits per heavy atom. The molecule has 0 saturated heterocycles. The Labute approximate surface area is 67.7 Å². The van der Waals surface area contributed by atoms with Crippen LogP contribution in [0.1, 0.15) is 19.8 Å². The van der Waals surface area contributed by atoms with Crippen molar-refractivity contribution in [2.45, 2.75) is 25.8 Å². The average molecular weight is 178 g/mol.